The summed E-state index contributed by atoms with van der Waals surface area (Å²) in [7, 11) is -0.123. The molecule has 0 spiro atoms. The van der Waals surface area contributed by atoms with Crippen LogP contribution in [0, 0.1) is 0 Å². The summed E-state index contributed by atoms with van der Waals surface area (Å²) in [6, 6.07) is 1.41. The van der Waals surface area contributed by atoms with Gasteiger partial charge in [0.05, 0.1) is 6.26 Å². The zero-order valence-corrected chi connectivity index (χ0v) is 12.7. The van der Waals surface area contributed by atoms with Gasteiger partial charge in [0.2, 0.25) is 10.0 Å². The normalized spacial score (nSPS) is 11.8. The van der Waals surface area contributed by atoms with Crippen LogP contribution in [0.25, 0.3) is 0 Å². The fourth-order valence-corrected chi connectivity index (χ4v) is 2.15. The van der Waals surface area contributed by atoms with E-state index in [4.69, 9.17) is 0 Å². The van der Waals surface area contributed by atoms with Crippen molar-refractivity contribution in [1.82, 2.24) is 19.2 Å². The van der Waals surface area contributed by atoms with Gasteiger partial charge in [-0.25, -0.2) is 17.9 Å². The molecule has 2 N–H and O–H groups in total. The van der Waals surface area contributed by atoms with Gasteiger partial charge in [-0.2, -0.15) is 0 Å². The van der Waals surface area contributed by atoms with Crippen LogP contribution in [0.15, 0.2) is 15.7 Å². The van der Waals surface area contributed by atoms with Gasteiger partial charge in [-0.15, -0.1) is 0 Å². The van der Waals surface area contributed by atoms with Gasteiger partial charge in [0.1, 0.15) is 0 Å². The fraction of sp³-hybridized carbons (Fsp3) is 0.636. The lowest BCUT2D eigenvalue weighted by Gasteiger charge is -2.10. The summed E-state index contributed by atoms with van der Waals surface area (Å²) in [6.07, 6.45) is 1.72. The van der Waals surface area contributed by atoms with E-state index >= 15 is 0 Å². The van der Waals surface area contributed by atoms with E-state index in [0.29, 0.717) is 31.7 Å². The Kier molecular flexibility index (Phi) is 5.66. The molecule has 0 radical (unpaired) electrons. The molecule has 0 unspecified atom stereocenters. The number of hydrogen-bond donors (Lipinski definition) is 2. The van der Waals surface area contributed by atoms with E-state index in [0.717, 1.165) is 10.8 Å². The zero-order valence-electron chi connectivity index (χ0n) is 11.8. The summed E-state index contributed by atoms with van der Waals surface area (Å²) < 4.78 is 26.5. The Hall–Kier alpha value is -1.45. The molecule has 0 fully saturated rings. The fourth-order valence-electron chi connectivity index (χ4n) is 1.64. The highest BCUT2D eigenvalue weighted by atomic mass is 32.2. The van der Waals surface area contributed by atoms with Crippen LogP contribution < -0.4 is 21.3 Å². The molecule has 1 rings (SSSR count). The van der Waals surface area contributed by atoms with Gasteiger partial charge in [0, 0.05) is 38.9 Å². The number of hydrogen-bond acceptors (Lipinski definition) is 5. The van der Waals surface area contributed by atoms with Crippen LogP contribution in [0.1, 0.15) is 12.1 Å². The molecule has 0 saturated heterocycles. The predicted octanol–water partition coefficient (Wildman–Crippen LogP) is -1.89. The van der Waals surface area contributed by atoms with Crippen molar-refractivity contribution in [2.45, 2.75) is 13.0 Å². The van der Waals surface area contributed by atoms with Crippen molar-refractivity contribution in [1.29, 1.82) is 0 Å². The third-order valence-corrected chi connectivity index (χ3v) is 3.55. The molecule has 0 aliphatic rings. The van der Waals surface area contributed by atoms with E-state index in [2.05, 4.69) is 10.0 Å². The number of nitrogens with zero attached hydrogens (tertiary/aromatic N) is 2. The summed E-state index contributed by atoms with van der Waals surface area (Å²) in [5.74, 6) is 0. The van der Waals surface area contributed by atoms with Gasteiger partial charge in [-0.05, 0) is 13.0 Å². The highest BCUT2D eigenvalue weighted by Crippen LogP contribution is 1.90. The van der Waals surface area contributed by atoms with Crippen LogP contribution in [0.4, 0.5) is 0 Å². The lowest BCUT2D eigenvalue weighted by molar-refractivity contribution is 0.570. The van der Waals surface area contributed by atoms with E-state index in [1.807, 2.05) is 0 Å². The maximum absolute atomic E-state index is 11.7. The number of rotatable bonds is 7. The first-order chi connectivity index (χ1) is 9.22. The Balaban J connectivity index is 2.48. The third kappa shape index (κ3) is 4.91. The topological polar surface area (TPSA) is 102 Å². The van der Waals surface area contributed by atoms with Gasteiger partial charge in [0.15, 0.2) is 0 Å². The van der Waals surface area contributed by atoms with Crippen molar-refractivity contribution >= 4 is 10.0 Å². The molecule has 0 atom stereocenters. The van der Waals surface area contributed by atoms with Gasteiger partial charge in [-0.1, -0.05) is 0 Å². The van der Waals surface area contributed by atoms with Crippen LogP contribution in [0.3, 0.4) is 0 Å². The van der Waals surface area contributed by atoms with Crippen molar-refractivity contribution < 1.29 is 8.42 Å². The molecule has 0 saturated carbocycles. The van der Waals surface area contributed by atoms with Gasteiger partial charge < -0.3 is 5.32 Å². The molecule has 20 heavy (non-hydrogen) atoms. The van der Waals surface area contributed by atoms with Crippen molar-refractivity contribution in [3.05, 3.63) is 32.6 Å². The van der Waals surface area contributed by atoms with Crippen LogP contribution in [-0.2, 0) is 30.7 Å². The van der Waals surface area contributed by atoms with Crippen LogP contribution >= 0.6 is 0 Å². The van der Waals surface area contributed by atoms with Gasteiger partial charge >= 0.3 is 5.69 Å². The lowest BCUT2D eigenvalue weighted by atomic mass is 10.3. The standard InChI is InChI=1S/C11H20N4O4S/c1-14-9(7-10(16)15(2)11(14)17)8-12-5-4-6-13-20(3,18)19/h7,12-13H,4-6,8H2,1-3H3. The van der Waals surface area contributed by atoms with Crippen molar-refractivity contribution in [2.24, 2.45) is 14.1 Å². The van der Waals surface area contributed by atoms with Crippen LogP contribution in [-0.4, -0.2) is 36.9 Å². The van der Waals surface area contributed by atoms with E-state index in [1.54, 1.807) is 7.05 Å². The lowest BCUT2D eigenvalue weighted by Crippen LogP contribution is -2.39. The Morgan fingerprint density at radius 1 is 1.15 bits per heavy atom. The molecule has 0 aliphatic carbocycles. The van der Waals surface area contributed by atoms with E-state index in [1.165, 1.54) is 17.7 Å². The van der Waals surface area contributed by atoms with E-state index < -0.39 is 10.0 Å². The molecule has 0 amide bonds. The second kappa shape index (κ2) is 6.82. The molecule has 1 aromatic rings. The number of aromatic nitrogens is 2. The largest absolute Gasteiger partial charge is 0.330 e. The highest BCUT2D eigenvalue weighted by Gasteiger charge is 2.05. The maximum atomic E-state index is 11.7. The Labute approximate surface area is 117 Å². The Bertz CT molecular complexity index is 675. The summed E-state index contributed by atoms with van der Waals surface area (Å²) >= 11 is 0. The van der Waals surface area contributed by atoms with Gasteiger partial charge in [0.25, 0.3) is 5.56 Å². The summed E-state index contributed by atoms with van der Waals surface area (Å²) in [5, 5.41) is 3.06. The first-order valence-corrected chi connectivity index (χ1v) is 8.03. The molecular formula is C11H20N4O4S. The molecule has 0 aliphatic heterocycles. The van der Waals surface area contributed by atoms with Crippen LogP contribution in [0.2, 0.25) is 0 Å². The summed E-state index contributed by atoms with van der Waals surface area (Å²) in [4.78, 5) is 23.2. The van der Waals surface area contributed by atoms with Crippen LogP contribution in [0.5, 0.6) is 0 Å². The average molecular weight is 304 g/mol. The monoisotopic (exact) mass is 304 g/mol. The second-order valence-electron chi connectivity index (χ2n) is 4.57. The molecule has 114 valence electrons. The van der Waals surface area contributed by atoms with Crippen molar-refractivity contribution in [3.8, 4) is 0 Å². The Morgan fingerprint density at radius 2 is 1.80 bits per heavy atom. The first kappa shape index (κ1) is 16.6. The molecule has 1 aromatic heterocycles. The zero-order chi connectivity index (χ0) is 15.3. The molecule has 0 bridgehead atoms. The summed E-state index contributed by atoms with van der Waals surface area (Å²) in [5.41, 5.74) is -0.120. The summed E-state index contributed by atoms with van der Waals surface area (Å²) in [6.45, 7) is 1.30. The predicted molar refractivity (Wildman–Crippen MR) is 76.1 cm³/mol. The van der Waals surface area contributed by atoms with Crippen molar-refractivity contribution in [2.75, 3.05) is 19.3 Å². The van der Waals surface area contributed by atoms with E-state index in [-0.39, 0.29) is 11.2 Å². The third-order valence-electron chi connectivity index (χ3n) is 2.83. The van der Waals surface area contributed by atoms with E-state index in [9.17, 15) is 18.0 Å². The quantitative estimate of drug-likeness (QED) is 0.574. The minimum atomic E-state index is -3.15. The number of sulfonamides is 1. The average Bonchev–Trinajstić information content (AvgIpc) is 2.35. The van der Waals surface area contributed by atoms with Gasteiger partial charge in [-0.3, -0.25) is 13.9 Å². The molecule has 8 nitrogen and oxygen atoms in total. The maximum Gasteiger partial charge on any atom is 0.330 e. The smallest absolute Gasteiger partial charge is 0.311 e. The Morgan fingerprint density at radius 3 is 2.40 bits per heavy atom. The molecule has 9 heteroatoms. The highest BCUT2D eigenvalue weighted by molar-refractivity contribution is 7.88. The molecular weight excluding hydrogens is 284 g/mol. The molecule has 1 heterocycles. The minimum Gasteiger partial charge on any atom is -0.311 e. The SMILES string of the molecule is Cn1c(CNCCCNS(C)(=O)=O)cc(=O)n(C)c1=O. The van der Waals surface area contributed by atoms with Crippen molar-refractivity contribution in [3.63, 3.8) is 0 Å². The minimum absolute atomic E-state index is 0.344. The first-order valence-electron chi connectivity index (χ1n) is 6.13. The number of nitrogens with one attached hydrogen (secondary N) is 2. The molecule has 0 aromatic carbocycles. The second-order valence-corrected chi connectivity index (χ2v) is 6.40.